The summed E-state index contributed by atoms with van der Waals surface area (Å²) in [6.07, 6.45) is 13.6. The van der Waals surface area contributed by atoms with E-state index in [1.54, 1.807) is 0 Å². The molecule has 2 atom stereocenters. The third-order valence-electron chi connectivity index (χ3n) is 10.6. The smallest absolute Gasteiger partial charge is 0.0548 e. The van der Waals surface area contributed by atoms with Gasteiger partial charge < -0.3 is 13.7 Å². The van der Waals surface area contributed by atoms with Gasteiger partial charge in [0.1, 0.15) is 0 Å². The van der Waals surface area contributed by atoms with Crippen molar-refractivity contribution in [2.75, 3.05) is 0 Å². The lowest BCUT2D eigenvalue weighted by atomic mass is 9.95. The van der Waals surface area contributed by atoms with Gasteiger partial charge in [-0.3, -0.25) is 0 Å². The molecule has 5 aromatic carbocycles. The van der Waals surface area contributed by atoms with Crippen LogP contribution in [0.15, 0.2) is 133 Å². The van der Waals surface area contributed by atoms with Crippen LogP contribution in [0.4, 0.5) is 0 Å². The van der Waals surface area contributed by atoms with Crippen LogP contribution in [0, 0.1) is 11.8 Å². The molecule has 47 heavy (non-hydrogen) atoms. The van der Waals surface area contributed by atoms with Gasteiger partial charge in [0.2, 0.25) is 0 Å². The summed E-state index contributed by atoms with van der Waals surface area (Å²) >= 11 is 0. The van der Waals surface area contributed by atoms with E-state index in [4.69, 9.17) is 0 Å². The van der Waals surface area contributed by atoms with Crippen LogP contribution in [0.2, 0.25) is 0 Å². The number of hydrogen-bond donors (Lipinski definition) is 0. The average Bonchev–Trinajstić information content (AvgIpc) is 3.74. The van der Waals surface area contributed by atoms with Crippen LogP contribution < -0.4 is 0 Å². The van der Waals surface area contributed by atoms with E-state index in [0.29, 0.717) is 11.8 Å². The van der Waals surface area contributed by atoms with Crippen molar-refractivity contribution in [1.82, 2.24) is 13.7 Å². The minimum absolute atomic E-state index is 0.452. The summed E-state index contributed by atoms with van der Waals surface area (Å²) < 4.78 is 7.49. The lowest BCUT2D eigenvalue weighted by molar-refractivity contribution is 0.690. The zero-order valence-electron chi connectivity index (χ0n) is 26.7. The van der Waals surface area contributed by atoms with Crippen molar-refractivity contribution in [3.05, 3.63) is 145 Å². The van der Waals surface area contributed by atoms with Crippen molar-refractivity contribution < 1.29 is 0 Å². The van der Waals surface area contributed by atoms with Gasteiger partial charge in [-0.1, -0.05) is 98.8 Å². The highest BCUT2D eigenvalue weighted by Gasteiger charge is 2.24. The van der Waals surface area contributed by atoms with Crippen molar-refractivity contribution in [1.29, 1.82) is 0 Å². The highest BCUT2D eigenvalue weighted by atomic mass is 15.0. The number of rotatable bonds is 3. The van der Waals surface area contributed by atoms with Crippen molar-refractivity contribution in [3.63, 3.8) is 0 Å². The Hall–Kier alpha value is -5.54. The second-order valence-corrected chi connectivity index (χ2v) is 13.5. The highest BCUT2D eigenvalue weighted by molar-refractivity contribution is 6.29. The predicted octanol–water partition coefficient (Wildman–Crippen LogP) is 11.5. The zero-order valence-corrected chi connectivity index (χ0v) is 26.7. The topological polar surface area (TPSA) is 14.8 Å². The number of aromatic nitrogens is 3. The Bertz CT molecular complexity index is 2670. The Kier molecular flexibility index (Phi) is 5.66. The minimum Gasteiger partial charge on any atom is -0.313 e. The van der Waals surface area contributed by atoms with Crippen LogP contribution in [0.3, 0.4) is 0 Å². The molecule has 2 aliphatic rings. The van der Waals surface area contributed by atoms with Gasteiger partial charge in [0, 0.05) is 61.2 Å². The fraction of sp³-hybridized carbons (Fsp3) is 0.136. The second kappa shape index (κ2) is 9.98. The lowest BCUT2D eigenvalue weighted by Gasteiger charge is -2.20. The SMILES string of the molecule is CC1C=Cc2c(n(-c3cccc(-n4c5ccccc5c5c6c7ccccc7n(C7=CC=CCC7C)c6ccc54)c3)c3ccccc23)C1. The van der Waals surface area contributed by atoms with Crippen molar-refractivity contribution in [2.24, 2.45) is 11.8 Å². The molecule has 0 saturated carbocycles. The summed E-state index contributed by atoms with van der Waals surface area (Å²) in [7, 11) is 0. The highest BCUT2D eigenvalue weighted by Crippen LogP contribution is 2.44. The van der Waals surface area contributed by atoms with E-state index >= 15 is 0 Å². The summed E-state index contributed by atoms with van der Waals surface area (Å²) in [6.45, 7) is 4.66. The Morgan fingerprint density at radius 1 is 0.574 bits per heavy atom. The molecule has 3 nitrogen and oxygen atoms in total. The Morgan fingerprint density at radius 2 is 1.17 bits per heavy atom. The number of hydrogen-bond acceptors (Lipinski definition) is 0. The van der Waals surface area contributed by atoms with Gasteiger partial charge >= 0.3 is 0 Å². The Morgan fingerprint density at radius 3 is 1.87 bits per heavy atom. The molecule has 0 N–H and O–H groups in total. The number of benzene rings is 5. The monoisotopic (exact) mass is 605 g/mol. The fourth-order valence-electron chi connectivity index (χ4n) is 8.51. The third kappa shape index (κ3) is 3.74. The molecule has 2 aliphatic carbocycles. The largest absolute Gasteiger partial charge is 0.313 e. The van der Waals surface area contributed by atoms with Crippen LogP contribution >= 0.6 is 0 Å². The summed E-state index contributed by atoms with van der Waals surface area (Å²) in [5.41, 5.74) is 12.8. The Labute approximate surface area is 274 Å². The standard InChI is InChI=1S/C44H35N3/c1-28-22-23-33-32-15-4-8-19-37(32)46(42(33)26-28)31-14-11-13-30(27-31)45-38-20-9-5-16-34(38)43-40(45)24-25-41-44(43)35-17-6-10-21-39(35)47(41)36-18-7-3-12-29(36)2/h3-11,13-25,27-29H,12,26H2,1-2H3. The molecular weight excluding hydrogens is 571 g/mol. The van der Waals surface area contributed by atoms with E-state index in [1.807, 2.05) is 0 Å². The molecule has 0 fully saturated rings. The normalized spacial score (nSPS) is 17.8. The van der Waals surface area contributed by atoms with E-state index in [9.17, 15) is 0 Å². The van der Waals surface area contributed by atoms with Crippen molar-refractivity contribution in [2.45, 2.75) is 26.7 Å². The van der Waals surface area contributed by atoms with Crippen LogP contribution in [0.1, 0.15) is 31.5 Å². The van der Waals surface area contributed by atoms with E-state index in [0.717, 1.165) is 12.8 Å². The molecule has 0 bridgehead atoms. The quantitative estimate of drug-likeness (QED) is 0.190. The van der Waals surface area contributed by atoms with Gasteiger partial charge in [0.15, 0.2) is 0 Å². The fourth-order valence-corrected chi connectivity index (χ4v) is 8.51. The maximum atomic E-state index is 2.51. The molecule has 0 amide bonds. The third-order valence-corrected chi connectivity index (χ3v) is 10.6. The first kappa shape index (κ1) is 26.7. The van der Waals surface area contributed by atoms with E-state index in [2.05, 4.69) is 167 Å². The Balaban J connectivity index is 1.27. The van der Waals surface area contributed by atoms with Crippen LogP contribution in [0.25, 0.3) is 77.7 Å². The maximum absolute atomic E-state index is 2.51. The number of fused-ring (bicyclic) bond motifs is 10. The number of para-hydroxylation sites is 3. The molecule has 0 spiro atoms. The zero-order chi connectivity index (χ0) is 31.2. The summed E-state index contributed by atoms with van der Waals surface area (Å²) in [5.74, 6) is 0.965. The molecule has 3 aromatic heterocycles. The molecule has 3 heterocycles. The number of nitrogens with zero attached hydrogens (tertiary/aromatic N) is 3. The molecule has 0 radical (unpaired) electrons. The van der Waals surface area contributed by atoms with Gasteiger partial charge in [0.05, 0.1) is 27.6 Å². The summed E-state index contributed by atoms with van der Waals surface area (Å²) in [5, 5.41) is 6.57. The first-order chi connectivity index (χ1) is 23.2. The second-order valence-electron chi connectivity index (χ2n) is 13.5. The lowest BCUT2D eigenvalue weighted by Crippen LogP contribution is -2.08. The van der Waals surface area contributed by atoms with Crippen LogP contribution in [0.5, 0.6) is 0 Å². The van der Waals surface area contributed by atoms with E-state index < -0.39 is 0 Å². The first-order valence-electron chi connectivity index (χ1n) is 16.9. The molecule has 2 unspecified atom stereocenters. The molecule has 0 aliphatic heterocycles. The van der Waals surface area contributed by atoms with Crippen LogP contribution in [-0.2, 0) is 6.42 Å². The molecule has 8 aromatic rings. The van der Waals surface area contributed by atoms with E-state index in [1.165, 1.54) is 82.8 Å². The van der Waals surface area contributed by atoms with E-state index in [-0.39, 0.29) is 0 Å². The average molecular weight is 606 g/mol. The van der Waals surface area contributed by atoms with Crippen LogP contribution in [-0.4, -0.2) is 13.7 Å². The van der Waals surface area contributed by atoms with Crippen molar-refractivity contribution in [3.8, 4) is 11.4 Å². The van der Waals surface area contributed by atoms with Gasteiger partial charge in [-0.25, -0.2) is 0 Å². The molecule has 3 heteroatoms. The maximum Gasteiger partial charge on any atom is 0.0548 e. The molecule has 0 saturated heterocycles. The van der Waals surface area contributed by atoms with Gasteiger partial charge in [-0.05, 0) is 73.4 Å². The van der Waals surface area contributed by atoms with Gasteiger partial charge in [0.25, 0.3) is 0 Å². The molecule has 226 valence electrons. The first-order valence-corrected chi connectivity index (χ1v) is 16.9. The summed E-state index contributed by atoms with van der Waals surface area (Å²) in [6, 6.07) is 40.6. The van der Waals surface area contributed by atoms with Gasteiger partial charge in [-0.2, -0.15) is 0 Å². The van der Waals surface area contributed by atoms with Gasteiger partial charge in [-0.15, -0.1) is 0 Å². The molecule has 10 rings (SSSR count). The predicted molar refractivity (Wildman–Crippen MR) is 200 cm³/mol. The molecular formula is C44H35N3. The number of allylic oxidation sites excluding steroid dienone is 5. The minimum atomic E-state index is 0.452. The van der Waals surface area contributed by atoms with Crippen molar-refractivity contribution >= 4 is 66.3 Å². The summed E-state index contributed by atoms with van der Waals surface area (Å²) in [4.78, 5) is 0.